The molecular formula is C16H20ClN5. The Morgan fingerprint density at radius 1 is 1.18 bits per heavy atom. The van der Waals surface area contributed by atoms with Gasteiger partial charge in [-0.05, 0) is 37.6 Å². The smallest absolute Gasteiger partial charge is 0.0645 e. The van der Waals surface area contributed by atoms with Crippen molar-refractivity contribution in [3.63, 3.8) is 0 Å². The number of hydrogen-bond acceptors (Lipinski definition) is 3. The third kappa shape index (κ3) is 3.96. The zero-order valence-electron chi connectivity index (χ0n) is 12.5. The Balaban J connectivity index is 0.00000176. The van der Waals surface area contributed by atoms with Crippen LogP contribution in [-0.2, 0) is 13.0 Å². The Kier molecular flexibility index (Phi) is 5.75. The van der Waals surface area contributed by atoms with Gasteiger partial charge in [-0.1, -0.05) is 18.2 Å². The summed E-state index contributed by atoms with van der Waals surface area (Å²) >= 11 is 0. The second-order valence-corrected chi connectivity index (χ2v) is 5.08. The summed E-state index contributed by atoms with van der Waals surface area (Å²) in [6.45, 7) is 3.80. The molecule has 0 unspecified atom stereocenters. The molecule has 5 nitrogen and oxygen atoms in total. The van der Waals surface area contributed by atoms with Gasteiger partial charge in [0.1, 0.15) is 0 Å². The SMILES string of the molecule is Cc1[nH]ncc1CNCCc1cnn(-c2ccccc2)c1.Cl. The minimum absolute atomic E-state index is 0. The number of halogens is 1. The average Bonchev–Trinajstić information content (AvgIpc) is 3.14. The summed E-state index contributed by atoms with van der Waals surface area (Å²) in [6, 6.07) is 10.2. The number of aromatic amines is 1. The predicted molar refractivity (Wildman–Crippen MR) is 89.5 cm³/mol. The van der Waals surface area contributed by atoms with Gasteiger partial charge in [0.15, 0.2) is 0 Å². The molecule has 2 aromatic heterocycles. The Morgan fingerprint density at radius 2 is 2.00 bits per heavy atom. The highest BCUT2D eigenvalue weighted by Gasteiger charge is 2.02. The van der Waals surface area contributed by atoms with Gasteiger partial charge in [0.2, 0.25) is 0 Å². The van der Waals surface area contributed by atoms with Crippen LogP contribution in [0.15, 0.2) is 48.9 Å². The summed E-state index contributed by atoms with van der Waals surface area (Å²) in [7, 11) is 0. The highest BCUT2D eigenvalue weighted by molar-refractivity contribution is 5.85. The van der Waals surface area contributed by atoms with Crippen LogP contribution in [0.3, 0.4) is 0 Å². The molecule has 0 amide bonds. The lowest BCUT2D eigenvalue weighted by atomic mass is 10.2. The van der Waals surface area contributed by atoms with Crippen molar-refractivity contribution >= 4 is 12.4 Å². The van der Waals surface area contributed by atoms with E-state index in [4.69, 9.17) is 0 Å². The van der Waals surface area contributed by atoms with Crippen molar-refractivity contribution < 1.29 is 0 Å². The van der Waals surface area contributed by atoms with E-state index in [9.17, 15) is 0 Å². The number of benzene rings is 1. The van der Waals surface area contributed by atoms with Gasteiger partial charge in [-0.3, -0.25) is 5.10 Å². The molecule has 22 heavy (non-hydrogen) atoms. The van der Waals surface area contributed by atoms with Gasteiger partial charge in [-0.25, -0.2) is 4.68 Å². The lowest BCUT2D eigenvalue weighted by Gasteiger charge is -2.02. The van der Waals surface area contributed by atoms with Crippen molar-refractivity contribution in [3.05, 3.63) is 65.7 Å². The highest BCUT2D eigenvalue weighted by atomic mass is 35.5. The van der Waals surface area contributed by atoms with E-state index in [2.05, 4.69) is 38.9 Å². The van der Waals surface area contributed by atoms with E-state index in [1.807, 2.05) is 42.2 Å². The first kappa shape index (κ1) is 16.3. The summed E-state index contributed by atoms with van der Waals surface area (Å²) < 4.78 is 1.91. The number of H-pyrrole nitrogens is 1. The maximum atomic E-state index is 4.40. The molecule has 0 aliphatic heterocycles. The Labute approximate surface area is 136 Å². The van der Waals surface area contributed by atoms with Gasteiger partial charge in [-0.2, -0.15) is 10.2 Å². The largest absolute Gasteiger partial charge is 0.312 e. The molecule has 0 aliphatic rings. The minimum Gasteiger partial charge on any atom is -0.312 e. The summed E-state index contributed by atoms with van der Waals surface area (Å²) in [5.41, 5.74) is 4.66. The van der Waals surface area contributed by atoms with E-state index in [1.165, 1.54) is 11.1 Å². The third-order valence-electron chi connectivity index (χ3n) is 3.50. The summed E-state index contributed by atoms with van der Waals surface area (Å²) in [5, 5.41) is 14.8. The summed E-state index contributed by atoms with van der Waals surface area (Å²) in [5.74, 6) is 0. The van der Waals surface area contributed by atoms with Crippen molar-refractivity contribution in [2.24, 2.45) is 0 Å². The van der Waals surface area contributed by atoms with Gasteiger partial charge >= 0.3 is 0 Å². The fourth-order valence-electron chi connectivity index (χ4n) is 2.22. The molecule has 0 saturated heterocycles. The number of aryl methyl sites for hydroxylation is 1. The molecule has 3 aromatic rings. The van der Waals surface area contributed by atoms with Crippen molar-refractivity contribution in [2.45, 2.75) is 19.9 Å². The third-order valence-corrected chi connectivity index (χ3v) is 3.50. The van der Waals surface area contributed by atoms with Crippen molar-refractivity contribution in [2.75, 3.05) is 6.54 Å². The quantitative estimate of drug-likeness (QED) is 0.687. The van der Waals surface area contributed by atoms with E-state index < -0.39 is 0 Å². The maximum Gasteiger partial charge on any atom is 0.0645 e. The number of aromatic nitrogens is 4. The van der Waals surface area contributed by atoms with E-state index in [0.717, 1.165) is 30.9 Å². The lowest BCUT2D eigenvalue weighted by molar-refractivity contribution is 0.684. The molecule has 0 atom stereocenters. The first-order valence-corrected chi connectivity index (χ1v) is 7.11. The highest BCUT2D eigenvalue weighted by Crippen LogP contribution is 2.08. The molecule has 1 aromatic carbocycles. The van der Waals surface area contributed by atoms with E-state index >= 15 is 0 Å². The molecule has 0 bridgehead atoms. The van der Waals surface area contributed by atoms with Gasteiger partial charge in [0.05, 0.1) is 18.1 Å². The zero-order chi connectivity index (χ0) is 14.5. The molecule has 6 heteroatoms. The van der Waals surface area contributed by atoms with Crippen LogP contribution < -0.4 is 5.32 Å². The van der Waals surface area contributed by atoms with Crippen molar-refractivity contribution in [3.8, 4) is 5.69 Å². The molecule has 0 spiro atoms. The number of nitrogens with zero attached hydrogens (tertiary/aromatic N) is 3. The second-order valence-electron chi connectivity index (χ2n) is 5.08. The molecule has 0 fully saturated rings. The standard InChI is InChI=1S/C16H19N5.ClH/c1-13-15(11-18-20-13)10-17-8-7-14-9-19-21(12-14)16-5-3-2-4-6-16;/h2-6,9,11-12,17H,7-8,10H2,1H3,(H,18,20);1H. The van der Waals surface area contributed by atoms with Crippen LogP contribution in [-0.4, -0.2) is 26.5 Å². The van der Waals surface area contributed by atoms with Crippen LogP contribution in [0.25, 0.3) is 5.69 Å². The van der Waals surface area contributed by atoms with Crippen LogP contribution >= 0.6 is 12.4 Å². The molecule has 2 N–H and O–H groups in total. The van der Waals surface area contributed by atoms with Crippen molar-refractivity contribution in [1.29, 1.82) is 0 Å². The number of hydrogen-bond donors (Lipinski definition) is 2. The van der Waals surface area contributed by atoms with E-state index in [-0.39, 0.29) is 12.4 Å². The lowest BCUT2D eigenvalue weighted by Crippen LogP contribution is -2.16. The minimum atomic E-state index is 0. The van der Waals surface area contributed by atoms with E-state index in [0.29, 0.717) is 0 Å². The van der Waals surface area contributed by atoms with Gasteiger partial charge < -0.3 is 5.32 Å². The number of rotatable bonds is 6. The molecule has 0 saturated carbocycles. The second kappa shape index (κ2) is 7.77. The fraction of sp³-hybridized carbons (Fsp3) is 0.250. The first-order valence-electron chi connectivity index (χ1n) is 7.11. The van der Waals surface area contributed by atoms with Crippen LogP contribution in [0.2, 0.25) is 0 Å². The molecule has 0 radical (unpaired) electrons. The Morgan fingerprint density at radius 3 is 2.73 bits per heavy atom. The maximum absolute atomic E-state index is 4.40. The zero-order valence-corrected chi connectivity index (χ0v) is 13.3. The topological polar surface area (TPSA) is 58.5 Å². The molecule has 116 valence electrons. The van der Waals surface area contributed by atoms with Gasteiger partial charge in [-0.15, -0.1) is 12.4 Å². The monoisotopic (exact) mass is 317 g/mol. The number of para-hydroxylation sites is 1. The number of nitrogens with one attached hydrogen (secondary N) is 2. The van der Waals surface area contributed by atoms with E-state index in [1.54, 1.807) is 0 Å². The molecule has 0 aliphatic carbocycles. The van der Waals surface area contributed by atoms with Gasteiger partial charge in [0.25, 0.3) is 0 Å². The normalized spacial score (nSPS) is 10.4. The van der Waals surface area contributed by atoms with Crippen LogP contribution in [0.5, 0.6) is 0 Å². The van der Waals surface area contributed by atoms with Crippen LogP contribution in [0, 0.1) is 6.92 Å². The first-order chi connectivity index (χ1) is 10.3. The molecule has 3 rings (SSSR count). The summed E-state index contributed by atoms with van der Waals surface area (Å²) in [6.07, 6.45) is 6.84. The van der Waals surface area contributed by atoms with Crippen LogP contribution in [0.4, 0.5) is 0 Å². The molecular weight excluding hydrogens is 298 g/mol. The predicted octanol–water partition coefficient (Wildman–Crippen LogP) is 2.66. The van der Waals surface area contributed by atoms with Gasteiger partial charge in [0, 0.05) is 24.0 Å². The van der Waals surface area contributed by atoms with Crippen molar-refractivity contribution in [1.82, 2.24) is 25.3 Å². The summed E-state index contributed by atoms with van der Waals surface area (Å²) in [4.78, 5) is 0. The molecule has 2 heterocycles. The van der Waals surface area contributed by atoms with Crippen LogP contribution in [0.1, 0.15) is 16.8 Å². The Hall–Kier alpha value is -2.11. The Bertz CT molecular complexity index is 689. The fourth-order valence-corrected chi connectivity index (χ4v) is 2.22. The average molecular weight is 318 g/mol.